The normalized spacial score (nSPS) is 14.8. The lowest BCUT2D eigenvalue weighted by molar-refractivity contribution is -0.147. The summed E-state index contributed by atoms with van der Waals surface area (Å²) in [5.74, 6) is 0.502. The van der Waals surface area contributed by atoms with Gasteiger partial charge in [0.25, 0.3) is 5.91 Å². The molecule has 0 unspecified atom stereocenters. The smallest absolute Gasteiger partial charge is 0.306 e. The predicted molar refractivity (Wildman–Crippen MR) is 98.0 cm³/mol. The lowest BCUT2D eigenvalue weighted by Crippen LogP contribution is -2.21. The average molecular weight is 368 g/mol. The molecule has 1 fully saturated rings. The van der Waals surface area contributed by atoms with Gasteiger partial charge >= 0.3 is 5.97 Å². The van der Waals surface area contributed by atoms with Crippen LogP contribution in [0, 0.1) is 5.92 Å². The Morgan fingerprint density at radius 2 is 2.00 bits per heavy atom. The van der Waals surface area contributed by atoms with Gasteiger partial charge < -0.3 is 14.8 Å². The number of benzene rings is 1. The lowest BCUT2D eigenvalue weighted by Gasteiger charge is -2.20. The van der Waals surface area contributed by atoms with Gasteiger partial charge in [-0.1, -0.05) is 43.7 Å². The lowest BCUT2D eigenvalue weighted by atomic mass is 9.86. The Labute approximate surface area is 154 Å². The van der Waals surface area contributed by atoms with Gasteiger partial charge in [0.15, 0.2) is 6.61 Å². The molecule has 0 bridgehead atoms. The second-order valence-electron chi connectivity index (χ2n) is 6.45. The van der Waals surface area contributed by atoms with E-state index in [1.807, 2.05) is 0 Å². The molecule has 138 valence electrons. The Morgan fingerprint density at radius 3 is 2.72 bits per heavy atom. The van der Waals surface area contributed by atoms with Crippen molar-refractivity contribution < 1.29 is 19.1 Å². The number of ether oxygens (including phenoxy) is 2. The van der Waals surface area contributed by atoms with E-state index in [4.69, 9.17) is 21.1 Å². The summed E-state index contributed by atoms with van der Waals surface area (Å²) < 4.78 is 10.2. The van der Waals surface area contributed by atoms with Crippen LogP contribution in [0.4, 0.5) is 5.69 Å². The molecule has 1 aromatic rings. The van der Waals surface area contributed by atoms with Crippen LogP contribution in [0.1, 0.15) is 51.4 Å². The average Bonchev–Trinajstić information content (AvgIpc) is 2.61. The van der Waals surface area contributed by atoms with E-state index in [2.05, 4.69) is 5.32 Å². The van der Waals surface area contributed by atoms with E-state index >= 15 is 0 Å². The van der Waals surface area contributed by atoms with Crippen molar-refractivity contribution in [2.45, 2.75) is 51.4 Å². The number of methoxy groups -OCH3 is 1. The van der Waals surface area contributed by atoms with Crippen molar-refractivity contribution in [3.8, 4) is 5.75 Å². The topological polar surface area (TPSA) is 64.6 Å². The molecule has 25 heavy (non-hydrogen) atoms. The number of hydrogen-bond acceptors (Lipinski definition) is 4. The second kappa shape index (κ2) is 10.3. The Balaban J connectivity index is 1.67. The van der Waals surface area contributed by atoms with Gasteiger partial charge in [0.1, 0.15) is 5.75 Å². The summed E-state index contributed by atoms with van der Waals surface area (Å²) in [5, 5.41) is 3.12. The van der Waals surface area contributed by atoms with Gasteiger partial charge in [-0.15, -0.1) is 0 Å². The highest BCUT2D eigenvalue weighted by molar-refractivity contribution is 6.31. The fraction of sp³-hybridized carbons (Fsp3) is 0.579. The molecule has 2 rings (SSSR count). The number of nitrogens with one attached hydrogen (secondary N) is 1. The minimum absolute atomic E-state index is 0.308. The van der Waals surface area contributed by atoms with Gasteiger partial charge in [-0.05, 0) is 37.0 Å². The molecule has 0 saturated heterocycles. The molecule has 1 N–H and O–H groups in total. The van der Waals surface area contributed by atoms with Crippen LogP contribution in [0.2, 0.25) is 5.02 Å². The Kier molecular flexibility index (Phi) is 8.06. The Hall–Kier alpha value is -1.75. The van der Waals surface area contributed by atoms with Crippen LogP contribution in [0.15, 0.2) is 18.2 Å². The van der Waals surface area contributed by atoms with E-state index in [1.54, 1.807) is 18.2 Å². The van der Waals surface area contributed by atoms with E-state index in [1.165, 1.54) is 39.2 Å². The number of amides is 1. The molecule has 1 aliphatic carbocycles. The number of hydrogen-bond donors (Lipinski definition) is 1. The molecule has 1 aliphatic rings. The van der Waals surface area contributed by atoms with Crippen molar-refractivity contribution >= 4 is 29.2 Å². The van der Waals surface area contributed by atoms with E-state index in [-0.39, 0.29) is 12.6 Å². The summed E-state index contributed by atoms with van der Waals surface area (Å²) in [5.41, 5.74) is 0.452. The SMILES string of the molecule is COc1ccc(Cl)cc1NC(=O)COC(=O)CCCC1CCCCC1. The van der Waals surface area contributed by atoms with Gasteiger partial charge in [0.2, 0.25) is 0 Å². The van der Waals surface area contributed by atoms with Crippen LogP contribution in [0.3, 0.4) is 0 Å². The maximum Gasteiger partial charge on any atom is 0.306 e. The van der Waals surface area contributed by atoms with Crippen LogP contribution in [0.25, 0.3) is 0 Å². The maximum atomic E-state index is 11.9. The third-order valence-corrected chi connectivity index (χ3v) is 4.75. The summed E-state index contributed by atoms with van der Waals surface area (Å²) in [7, 11) is 1.51. The zero-order valence-corrected chi connectivity index (χ0v) is 15.4. The van der Waals surface area contributed by atoms with Crippen LogP contribution in [-0.2, 0) is 14.3 Å². The summed E-state index contributed by atoms with van der Waals surface area (Å²) in [6, 6.07) is 4.92. The van der Waals surface area contributed by atoms with Gasteiger partial charge in [-0.2, -0.15) is 0 Å². The van der Waals surface area contributed by atoms with Gasteiger partial charge in [-0.25, -0.2) is 0 Å². The molecule has 1 aromatic carbocycles. The fourth-order valence-corrected chi connectivity index (χ4v) is 3.37. The van der Waals surface area contributed by atoms with Crippen molar-refractivity contribution in [1.29, 1.82) is 0 Å². The molecule has 6 heteroatoms. The highest BCUT2D eigenvalue weighted by Gasteiger charge is 2.15. The monoisotopic (exact) mass is 367 g/mol. The van der Waals surface area contributed by atoms with Gasteiger partial charge in [0, 0.05) is 11.4 Å². The Morgan fingerprint density at radius 1 is 1.24 bits per heavy atom. The molecule has 5 nitrogen and oxygen atoms in total. The largest absolute Gasteiger partial charge is 0.495 e. The summed E-state index contributed by atoms with van der Waals surface area (Å²) in [6.07, 6.45) is 8.77. The summed E-state index contributed by atoms with van der Waals surface area (Å²) in [4.78, 5) is 23.7. The Bertz CT molecular complexity index is 585. The van der Waals surface area contributed by atoms with Crippen molar-refractivity contribution in [3.05, 3.63) is 23.2 Å². The number of esters is 1. The minimum Gasteiger partial charge on any atom is -0.495 e. The van der Waals surface area contributed by atoms with E-state index in [9.17, 15) is 9.59 Å². The van der Waals surface area contributed by atoms with Gasteiger partial charge in [0.05, 0.1) is 12.8 Å². The summed E-state index contributed by atoms with van der Waals surface area (Å²) >= 11 is 5.91. The molecular weight excluding hydrogens is 342 g/mol. The highest BCUT2D eigenvalue weighted by Crippen LogP contribution is 2.28. The van der Waals surface area contributed by atoms with Crippen molar-refractivity contribution in [3.63, 3.8) is 0 Å². The predicted octanol–water partition coefficient (Wildman–Crippen LogP) is 4.58. The number of carbonyl (C=O) groups is 2. The molecule has 0 spiro atoms. The number of anilines is 1. The zero-order chi connectivity index (χ0) is 18.1. The number of halogens is 1. The standard InChI is InChI=1S/C19H26ClNO4/c1-24-17-11-10-15(20)12-16(17)21-18(22)13-25-19(23)9-5-8-14-6-3-2-4-7-14/h10-12,14H,2-9,13H2,1H3,(H,21,22). The third kappa shape index (κ3) is 6.94. The first-order valence-electron chi connectivity index (χ1n) is 8.87. The zero-order valence-electron chi connectivity index (χ0n) is 14.7. The fourth-order valence-electron chi connectivity index (χ4n) is 3.19. The van der Waals surface area contributed by atoms with Gasteiger partial charge in [-0.3, -0.25) is 9.59 Å². The quantitative estimate of drug-likeness (QED) is 0.683. The molecule has 1 saturated carbocycles. The molecule has 0 aliphatic heterocycles. The molecule has 0 radical (unpaired) electrons. The first kappa shape index (κ1) is 19.6. The minimum atomic E-state index is -0.416. The van der Waals surface area contributed by atoms with Crippen LogP contribution >= 0.6 is 11.6 Å². The maximum absolute atomic E-state index is 11.9. The molecule has 0 atom stereocenters. The first-order chi connectivity index (χ1) is 12.1. The van der Waals surface area contributed by atoms with E-state index in [0.717, 1.165) is 18.8 Å². The van der Waals surface area contributed by atoms with Crippen LogP contribution in [-0.4, -0.2) is 25.6 Å². The van der Waals surface area contributed by atoms with Crippen LogP contribution < -0.4 is 10.1 Å². The van der Waals surface area contributed by atoms with Crippen molar-refractivity contribution in [2.24, 2.45) is 5.92 Å². The highest BCUT2D eigenvalue weighted by atomic mass is 35.5. The molecule has 1 amide bonds. The van der Waals surface area contributed by atoms with E-state index in [0.29, 0.717) is 22.9 Å². The summed E-state index contributed by atoms with van der Waals surface area (Å²) in [6.45, 7) is -0.308. The van der Waals surface area contributed by atoms with Crippen molar-refractivity contribution in [1.82, 2.24) is 0 Å². The number of carbonyl (C=O) groups excluding carboxylic acids is 2. The third-order valence-electron chi connectivity index (χ3n) is 4.52. The van der Waals surface area contributed by atoms with Crippen LogP contribution in [0.5, 0.6) is 5.75 Å². The molecule has 0 aromatic heterocycles. The molecule has 0 heterocycles. The second-order valence-corrected chi connectivity index (χ2v) is 6.89. The van der Waals surface area contributed by atoms with E-state index < -0.39 is 5.91 Å². The first-order valence-corrected chi connectivity index (χ1v) is 9.25. The number of rotatable bonds is 8. The van der Waals surface area contributed by atoms with Crippen molar-refractivity contribution in [2.75, 3.05) is 19.0 Å². The molecular formula is C19H26ClNO4.